The van der Waals surface area contributed by atoms with Crippen molar-refractivity contribution in [3.05, 3.63) is 23.4 Å². The Morgan fingerprint density at radius 2 is 2.15 bits per heavy atom. The molecule has 13 heavy (non-hydrogen) atoms. The molecule has 0 aromatic carbocycles. The van der Waals surface area contributed by atoms with Gasteiger partial charge in [-0.1, -0.05) is 0 Å². The minimum Gasteiger partial charge on any atom is -0.383 e. The van der Waals surface area contributed by atoms with Crippen LogP contribution in [0.15, 0.2) is 23.4 Å². The van der Waals surface area contributed by atoms with E-state index in [4.69, 9.17) is 11.6 Å². The van der Waals surface area contributed by atoms with Crippen molar-refractivity contribution in [1.29, 1.82) is 0 Å². The molecule has 1 rings (SSSR count). The van der Waals surface area contributed by atoms with Crippen molar-refractivity contribution < 1.29 is 13.2 Å². The highest BCUT2D eigenvalue weighted by Crippen LogP contribution is 2.32. The van der Waals surface area contributed by atoms with E-state index in [0.29, 0.717) is 0 Å². The molecule has 0 amide bonds. The maximum Gasteiger partial charge on any atom is 0.416 e. The maximum atomic E-state index is 12.3. The normalized spacial score (nSPS) is 23.3. The molecule has 1 N–H and O–H groups in total. The molecule has 0 spiro atoms. The Morgan fingerprint density at radius 1 is 1.54 bits per heavy atom. The second kappa shape index (κ2) is 3.62. The maximum absolute atomic E-state index is 12.3. The number of halogens is 4. The molecule has 0 radical (unpaired) electrons. The fourth-order valence-electron chi connectivity index (χ4n) is 1.10. The van der Waals surface area contributed by atoms with Gasteiger partial charge in [-0.15, -0.1) is 11.6 Å². The van der Waals surface area contributed by atoms with Crippen LogP contribution in [0.25, 0.3) is 0 Å². The van der Waals surface area contributed by atoms with Crippen LogP contribution in [0.1, 0.15) is 6.92 Å². The van der Waals surface area contributed by atoms with Gasteiger partial charge in [0.1, 0.15) is 0 Å². The number of hydrogen-bond donors (Lipinski definition) is 1. The van der Waals surface area contributed by atoms with E-state index in [2.05, 4.69) is 5.32 Å². The summed E-state index contributed by atoms with van der Waals surface area (Å²) in [4.78, 5) is 0. The highest BCUT2D eigenvalue weighted by Gasteiger charge is 2.36. The Balaban J connectivity index is 2.91. The molecule has 1 aliphatic rings. The van der Waals surface area contributed by atoms with E-state index in [1.54, 1.807) is 0 Å². The minimum absolute atomic E-state index is 0.128. The SMILES string of the molecule is CC1=CNC(CCl)C=C1C(F)(F)F. The van der Waals surface area contributed by atoms with Crippen LogP contribution < -0.4 is 5.32 Å². The Morgan fingerprint density at radius 3 is 2.62 bits per heavy atom. The van der Waals surface area contributed by atoms with E-state index < -0.39 is 17.8 Å². The van der Waals surface area contributed by atoms with Crippen LogP contribution in [0.5, 0.6) is 0 Å². The van der Waals surface area contributed by atoms with Crippen LogP contribution in [-0.2, 0) is 0 Å². The molecule has 5 heteroatoms. The molecule has 0 saturated carbocycles. The molecule has 0 aromatic heterocycles. The van der Waals surface area contributed by atoms with Crippen molar-refractivity contribution in [2.75, 3.05) is 5.88 Å². The highest BCUT2D eigenvalue weighted by atomic mass is 35.5. The van der Waals surface area contributed by atoms with Gasteiger partial charge in [-0.3, -0.25) is 0 Å². The second-order valence-electron chi connectivity index (χ2n) is 2.83. The molecule has 74 valence electrons. The molecule has 1 atom stereocenters. The average Bonchev–Trinajstić information content (AvgIpc) is 2.03. The molecular formula is C8H9ClF3N. The summed E-state index contributed by atoms with van der Waals surface area (Å²) in [5.41, 5.74) is -0.411. The van der Waals surface area contributed by atoms with Crippen LogP contribution >= 0.6 is 11.6 Å². The predicted molar refractivity (Wildman–Crippen MR) is 45.5 cm³/mol. The molecule has 1 nitrogen and oxygen atoms in total. The highest BCUT2D eigenvalue weighted by molar-refractivity contribution is 6.18. The standard InChI is InChI=1S/C8H9ClF3N/c1-5-4-13-6(3-9)2-7(5)8(10,11)12/h2,4,6,13H,3H2,1H3. The summed E-state index contributed by atoms with van der Waals surface area (Å²) < 4.78 is 37.0. The van der Waals surface area contributed by atoms with Crippen molar-refractivity contribution in [2.24, 2.45) is 0 Å². The van der Waals surface area contributed by atoms with Gasteiger partial charge in [0.25, 0.3) is 0 Å². The Bertz CT molecular complexity index is 255. The first-order valence-corrected chi connectivity index (χ1v) is 4.27. The van der Waals surface area contributed by atoms with E-state index in [1.807, 2.05) is 0 Å². The molecular weight excluding hydrogens is 203 g/mol. The Labute approximate surface area is 79.3 Å². The van der Waals surface area contributed by atoms with Gasteiger partial charge in [0.15, 0.2) is 0 Å². The van der Waals surface area contributed by atoms with E-state index in [1.165, 1.54) is 13.1 Å². The number of allylic oxidation sites excluding steroid dienone is 2. The fraction of sp³-hybridized carbons (Fsp3) is 0.500. The lowest BCUT2D eigenvalue weighted by atomic mass is 10.0. The fourth-order valence-corrected chi connectivity index (χ4v) is 1.28. The summed E-state index contributed by atoms with van der Waals surface area (Å²) in [5.74, 6) is 0.128. The quantitative estimate of drug-likeness (QED) is 0.658. The second-order valence-corrected chi connectivity index (χ2v) is 3.14. The summed E-state index contributed by atoms with van der Waals surface area (Å²) in [7, 11) is 0. The first-order chi connectivity index (χ1) is 5.95. The summed E-state index contributed by atoms with van der Waals surface area (Å²) in [6.45, 7) is 1.41. The first-order valence-electron chi connectivity index (χ1n) is 3.73. The van der Waals surface area contributed by atoms with Crippen molar-refractivity contribution in [2.45, 2.75) is 19.1 Å². The van der Waals surface area contributed by atoms with Gasteiger partial charge in [-0.05, 0) is 18.6 Å². The van der Waals surface area contributed by atoms with Crippen LogP contribution in [-0.4, -0.2) is 18.1 Å². The van der Waals surface area contributed by atoms with E-state index in [0.717, 1.165) is 6.08 Å². The van der Waals surface area contributed by atoms with Crippen LogP contribution in [0, 0.1) is 0 Å². The lowest BCUT2D eigenvalue weighted by molar-refractivity contribution is -0.0899. The molecule has 0 aromatic rings. The third-order valence-electron chi connectivity index (χ3n) is 1.78. The third kappa shape index (κ3) is 2.40. The van der Waals surface area contributed by atoms with Crippen molar-refractivity contribution in [1.82, 2.24) is 5.32 Å². The number of alkyl halides is 4. The van der Waals surface area contributed by atoms with Gasteiger partial charge in [-0.25, -0.2) is 0 Å². The summed E-state index contributed by atoms with van der Waals surface area (Å²) in [6, 6.07) is -0.429. The lowest BCUT2D eigenvalue weighted by Crippen LogP contribution is -2.30. The van der Waals surface area contributed by atoms with Crippen LogP contribution in [0.2, 0.25) is 0 Å². The molecule has 0 saturated heterocycles. The topological polar surface area (TPSA) is 12.0 Å². The largest absolute Gasteiger partial charge is 0.416 e. The number of nitrogens with one attached hydrogen (secondary N) is 1. The molecule has 1 heterocycles. The van der Waals surface area contributed by atoms with Crippen LogP contribution in [0.4, 0.5) is 13.2 Å². The lowest BCUT2D eigenvalue weighted by Gasteiger charge is -2.21. The van der Waals surface area contributed by atoms with Crippen LogP contribution in [0.3, 0.4) is 0 Å². The van der Waals surface area contributed by atoms with E-state index >= 15 is 0 Å². The van der Waals surface area contributed by atoms with Gasteiger partial charge < -0.3 is 5.32 Å². The smallest absolute Gasteiger partial charge is 0.383 e. The Hall–Kier alpha value is -0.640. The minimum atomic E-state index is -4.28. The van der Waals surface area contributed by atoms with Gasteiger partial charge in [0, 0.05) is 12.1 Å². The average molecular weight is 212 g/mol. The zero-order valence-electron chi connectivity index (χ0n) is 6.95. The van der Waals surface area contributed by atoms with Gasteiger partial charge in [0.05, 0.1) is 11.6 Å². The number of hydrogen-bond acceptors (Lipinski definition) is 1. The number of rotatable bonds is 1. The first kappa shape index (κ1) is 10.4. The molecule has 1 aliphatic heterocycles. The molecule has 1 unspecified atom stereocenters. The summed E-state index contributed by atoms with van der Waals surface area (Å²) in [6.07, 6.45) is -1.83. The zero-order chi connectivity index (χ0) is 10.1. The predicted octanol–water partition coefficient (Wildman–Crippen LogP) is 2.59. The van der Waals surface area contributed by atoms with Crippen molar-refractivity contribution >= 4 is 11.6 Å². The summed E-state index contributed by atoms with van der Waals surface area (Å²) in [5, 5.41) is 2.75. The third-order valence-corrected chi connectivity index (χ3v) is 2.11. The van der Waals surface area contributed by atoms with Gasteiger partial charge in [-0.2, -0.15) is 13.2 Å². The van der Waals surface area contributed by atoms with Gasteiger partial charge in [0.2, 0.25) is 0 Å². The van der Waals surface area contributed by atoms with Crippen molar-refractivity contribution in [3.8, 4) is 0 Å². The Kier molecular flexibility index (Phi) is 2.91. The number of dihydropyridines is 1. The molecule has 0 aliphatic carbocycles. The van der Waals surface area contributed by atoms with Crippen molar-refractivity contribution in [3.63, 3.8) is 0 Å². The van der Waals surface area contributed by atoms with E-state index in [9.17, 15) is 13.2 Å². The van der Waals surface area contributed by atoms with E-state index in [-0.39, 0.29) is 11.5 Å². The molecule has 0 bridgehead atoms. The molecule has 0 fully saturated rings. The van der Waals surface area contributed by atoms with Gasteiger partial charge >= 0.3 is 6.18 Å². The summed E-state index contributed by atoms with van der Waals surface area (Å²) >= 11 is 5.44. The monoisotopic (exact) mass is 211 g/mol. The zero-order valence-corrected chi connectivity index (χ0v) is 7.71.